The topological polar surface area (TPSA) is 54.9 Å². The highest BCUT2D eigenvalue weighted by atomic mass is 32.1. The molecule has 0 atom stereocenters. The van der Waals surface area contributed by atoms with Crippen LogP contribution in [-0.2, 0) is 5.41 Å². The maximum atomic E-state index is 12.3. The lowest BCUT2D eigenvalue weighted by Gasteiger charge is -2.25. The Kier molecular flexibility index (Phi) is 5.68. The van der Waals surface area contributed by atoms with Crippen LogP contribution in [0.3, 0.4) is 0 Å². The van der Waals surface area contributed by atoms with E-state index >= 15 is 0 Å². The number of hydrogen-bond acceptors (Lipinski definition) is 4. The summed E-state index contributed by atoms with van der Waals surface area (Å²) < 4.78 is 3.94. The Balaban J connectivity index is 2.76. The Morgan fingerprint density at radius 1 is 1.20 bits per heavy atom. The molecule has 20 heavy (non-hydrogen) atoms. The fourth-order valence-electron chi connectivity index (χ4n) is 2.36. The highest BCUT2D eigenvalue weighted by Crippen LogP contribution is 2.26. The van der Waals surface area contributed by atoms with Crippen LogP contribution in [0.5, 0.6) is 0 Å². The van der Waals surface area contributed by atoms with Crippen molar-refractivity contribution in [1.82, 2.24) is 14.9 Å². The average Bonchev–Trinajstić information content (AvgIpc) is 2.76. The van der Waals surface area contributed by atoms with Gasteiger partial charge in [0.2, 0.25) is 0 Å². The number of carbonyl (C=O) groups excluding carboxylic acids is 1. The molecule has 0 saturated heterocycles. The fourth-order valence-corrected chi connectivity index (χ4v) is 3.16. The van der Waals surface area contributed by atoms with Crippen molar-refractivity contribution >= 4 is 17.4 Å². The normalized spacial score (nSPS) is 12.5. The summed E-state index contributed by atoms with van der Waals surface area (Å²) in [7, 11) is 0. The second-order valence-corrected chi connectivity index (χ2v) is 7.82. The van der Waals surface area contributed by atoms with E-state index in [4.69, 9.17) is 0 Å². The van der Waals surface area contributed by atoms with E-state index < -0.39 is 0 Å². The number of nitrogens with zero attached hydrogens (tertiary/aromatic N) is 2. The Labute approximate surface area is 126 Å². The molecule has 0 aliphatic carbocycles. The van der Waals surface area contributed by atoms with E-state index in [1.807, 2.05) is 20.8 Å². The van der Waals surface area contributed by atoms with Crippen molar-refractivity contribution in [3.05, 3.63) is 10.6 Å². The predicted molar refractivity (Wildman–Crippen MR) is 84.1 cm³/mol. The van der Waals surface area contributed by atoms with E-state index in [1.54, 1.807) is 0 Å². The van der Waals surface area contributed by atoms with Crippen LogP contribution in [-0.4, -0.2) is 22.0 Å². The second-order valence-electron chi connectivity index (χ2n) is 7.06. The number of hydrogen-bond donors (Lipinski definition) is 1. The maximum absolute atomic E-state index is 12.3. The van der Waals surface area contributed by atoms with Gasteiger partial charge in [-0.1, -0.05) is 53.0 Å². The van der Waals surface area contributed by atoms with Gasteiger partial charge in [-0.25, -0.2) is 0 Å². The van der Waals surface area contributed by atoms with Gasteiger partial charge >= 0.3 is 0 Å². The van der Waals surface area contributed by atoms with Gasteiger partial charge in [-0.2, -0.15) is 0 Å². The summed E-state index contributed by atoms with van der Waals surface area (Å²) >= 11 is 1.18. The van der Waals surface area contributed by atoms with E-state index in [9.17, 15) is 4.79 Å². The zero-order valence-corrected chi connectivity index (χ0v) is 14.5. The van der Waals surface area contributed by atoms with Crippen molar-refractivity contribution in [2.45, 2.75) is 53.9 Å². The van der Waals surface area contributed by atoms with Gasteiger partial charge in [0.15, 0.2) is 0 Å². The van der Waals surface area contributed by atoms with Crippen LogP contribution in [0.4, 0.5) is 0 Å². The summed E-state index contributed by atoms with van der Waals surface area (Å²) in [5, 5.41) is 7.17. The zero-order valence-electron chi connectivity index (χ0n) is 13.7. The van der Waals surface area contributed by atoms with Crippen molar-refractivity contribution in [2.24, 2.45) is 17.8 Å². The molecule has 1 aromatic rings. The van der Waals surface area contributed by atoms with Gasteiger partial charge in [0.05, 0.1) is 5.69 Å². The molecule has 0 bridgehead atoms. The van der Waals surface area contributed by atoms with Gasteiger partial charge in [-0.3, -0.25) is 4.79 Å². The minimum Gasteiger partial charge on any atom is -0.351 e. The predicted octanol–water partition coefficient (Wildman–Crippen LogP) is 3.49. The summed E-state index contributed by atoms with van der Waals surface area (Å²) in [5.74, 6) is 1.54. The minimum absolute atomic E-state index is 0.0452. The molecular formula is C15H27N3OS. The van der Waals surface area contributed by atoms with Gasteiger partial charge in [0, 0.05) is 12.0 Å². The van der Waals surface area contributed by atoms with E-state index in [2.05, 4.69) is 42.6 Å². The Hall–Kier alpha value is -0.970. The molecule has 0 aromatic carbocycles. The minimum atomic E-state index is -0.158. The SMILES string of the molecule is CC(C)C(CNC(=O)c1snnc1C(C)(C)C)C(C)C. The molecule has 0 spiro atoms. The number of nitrogens with one attached hydrogen (secondary N) is 1. The molecule has 0 aliphatic heterocycles. The summed E-state index contributed by atoms with van der Waals surface area (Å²) in [5.41, 5.74) is 0.625. The molecule has 0 saturated carbocycles. The lowest BCUT2D eigenvalue weighted by Crippen LogP contribution is -2.34. The summed E-state index contributed by atoms with van der Waals surface area (Å²) in [6.07, 6.45) is 0. The van der Waals surface area contributed by atoms with Crippen molar-refractivity contribution in [3.63, 3.8) is 0 Å². The quantitative estimate of drug-likeness (QED) is 0.905. The van der Waals surface area contributed by atoms with Crippen LogP contribution in [0.1, 0.15) is 63.8 Å². The van der Waals surface area contributed by atoms with Crippen LogP contribution in [0.25, 0.3) is 0 Å². The lowest BCUT2D eigenvalue weighted by molar-refractivity contribution is 0.0939. The van der Waals surface area contributed by atoms with Gasteiger partial charge < -0.3 is 5.32 Å². The molecule has 114 valence electrons. The first-order valence-electron chi connectivity index (χ1n) is 7.25. The van der Waals surface area contributed by atoms with Crippen molar-refractivity contribution in [1.29, 1.82) is 0 Å². The molecule has 1 amide bonds. The zero-order chi connectivity index (χ0) is 15.5. The molecular weight excluding hydrogens is 270 g/mol. The third-order valence-electron chi connectivity index (χ3n) is 3.62. The average molecular weight is 297 g/mol. The number of carbonyl (C=O) groups is 1. The third kappa shape index (κ3) is 4.27. The summed E-state index contributed by atoms with van der Waals surface area (Å²) in [4.78, 5) is 13.0. The van der Waals surface area contributed by atoms with E-state index in [0.29, 0.717) is 29.2 Å². The lowest BCUT2D eigenvalue weighted by atomic mass is 9.85. The number of aromatic nitrogens is 2. The molecule has 1 rings (SSSR count). The van der Waals surface area contributed by atoms with E-state index in [1.165, 1.54) is 11.5 Å². The number of amides is 1. The Bertz CT molecular complexity index is 438. The van der Waals surface area contributed by atoms with Gasteiger partial charge in [-0.15, -0.1) is 5.10 Å². The molecule has 4 nitrogen and oxygen atoms in total. The maximum Gasteiger partial charge on any atom is 0.264 e. The van der Waals surface area contributed by atoms with Gasteiger partial charge in [0.1, 0.15) is 4.88 Å². The van der Waals surface area contributed by atoms with Crippen molar-refractivity contribution < 1.29 is 4.79 Å². The summed E-state index contributed by atoms with van der Waals surface area (Å²) in [6.45, 7) is 15.6. The van der Waals surface area contributed by atoms with Crippen molar-refractivity contribution in [2.75, 3.05) is 6.54 Å². The van der Waals surface area contributed by atoms with Crippen LogP contribution in [0, 0.1) is 17.8 Å². The molecule has 0 radical (unpaired) electrons. The first-order valence-corrected chi connectivity index (χ1v) is 8.03. The Morgan fingerprint density at radius 3 is 2.20 bits per heavy atom. The highest BCUT2D eigenvalue weighted by molar-refractivity contribution is 7.08. The Morgan fingerprint density at radius 2 is 1.75 bits per heavy atom. The van der Waals surface area contributed by atoms with E-state index in [-0.39, 0.29) is 11.3 Å². The van der Waals surface area contributed by atoms with Crippen molar-refractivity contribution in [3.8, 4) is 0 Å². The second kappa shape index (κ2) is 6.66. The molecule has 0 fully saturated rings. The molecule has 0 unspecified atom stereocenters. The highest BCUT2D eigenvalue weighted by Gasteiger charge is 2.27. The van der Waals surface area contributed by atoms with Crippen LogP contribution >= 0.6 is 11.5 Å². The van der Waals surface area contributed by atoms with Gasteiger partial charge in [0.25, 0.3) is 5.91 Å². The molecule has 5 heteroatoms. The van der Waals surface area contributed by atoms with E-state index in [0.717, 1.165) is 5.69 Å². The first-order chi connectivity index (χ1) is 9.14. The molecule has 1 heterocycles. The van der Waals surface area contributed by atoms with Crippen LogP contribution in [0.15, 0.2) is 0 Å². The standard InChI is InChI=1S/C15H27N3OS/c1-9(2)11(10(3)4)8-16-14(19)12-13(15(5,6)7)17-18-20-12/h9-11H,8H2,1-7H3,(H,16,19). The molecule has 0 aliphatic rings. The molecule has 1 aromatic heterocycles. The third-order valence-corrected chi connectivity index (χ3v) is 4.34. The largest absolute Gasteiger partial charge is 0.351 e. The smallest absolute Gasteiger partial charge is 0.264 e. The molecule has 1 N–H and O–H groups in total. The monoisotopic (exact) mass is 297 g/mol. The van der Waals surface area contributed by atoms with Crippen LogP contribution in [0.2, 0.25) is 0 Å². The fraction of sp³-hybridized carbons (Fsp3) is 0.800. The van der Waals surface area contributed by atoms with Crippen LogP contribution < -0.4 is 5.32 Å². The number of rotatable bonds is 5. The first kappa shape index (κ1) is 17.1. The summed E-state index contributed by atoms with van der Waals surface area (Å²) in [6, 6.07) is 0. The van der Waals surface area contributed by atoms with Gasteiger partial charge in [-0.05, 0) is 29.3 Å².